The van der Waals surface area contributed by atoms with Gasteiger partial charge in [0.2, 0.25) is 11.9 Å². The fourth-order valence-electron chi connectivity index (χ4n) is 3.46. The van der Waals surface area contributed by atoms with Gasteiger partial charge in [-0.25, -0.2) is 4.99 Å². The zero-order valence-corrected chi connectivity index (χ0v) is 15.4. The maximum atomic E-state index is 12.4. The first kappa shape index (κ1) is 17.6. The molecule has 1 aromatic rings. The second kappa shape index (κ2) is 7.46. The van der Waals surface area contributed by atoms with Crippen molar-refractivity contribution in [2.45, 2.75) is 32.2 Å². The van der Waals surface area contributed by atoms with Crippen LogP contribution in [-0.4, -0.2) is 55.0 Å². The topological polar surface area (TPSA) is 92.3 Å². The molecule has 1 aromatic carbocycles. The summed E-state index contributed by atoms with van der Waals surface area (Å²) in [5.74, 6) is 2.09. The van der Waals surface area contributed by atoms with Crippen molar-refractivity contribution < 1.29 is 19.1 Å². The SMILES string of the molecule is CC1CCN(C2=N[C@@H](CC(=O)Nc3ccc4c(c3)OCCO4)C(=O)N2)CC1. The fourth-order valence-corrected chi connectivity index (χ4v) is 3.46. The summed E-state index contributed by atoms with van der Waals surface area (Å²) < 4.78 is 11.0. The molecule has 8 heteroatoms. The first-order valence-electron chi connectivity index (χ1n) is 9.41. The van der Waals surface area contributed by atoms with Crippen LogP contribution in [0.15, 0.2) is 23.2 Å². The van der Waals surface area contributed by atoms with Crippen molar-refractivity contribution in [2.24, 2.45) is 10.9 Å². The Morgan fingerprint density at radius 2 is 2.00 bits per heavy atom. The zero-order chi connectivity index (χ0) is 18.8. The molecule has 3 heterocycles. The monoisotopic (exact) mass is 372 g/mol. The second-order valence-electron chi connectivity index (χ2n) is 7.24. The average Bonchev–Trinajstić information content (AvgIpc) is 3.02. The lowest BCUT2D eigenvalue weighted by Gasteiger charge is -2.31. The number of ether oxygens (including phenoxy) is 2. The van der Waals surface area contributed by atoms with Crippen molar-refractivity contribution in [2.75, 3.05) is 31.6 Å². The highest BCUT2D eigenvalue weighted by molar-refractivity contribution is 6.07. The fraction of sp³-hybridized carbons (Fsp3) is 0.526. The minimum Gasteiger partial charge on any atom is -0.486 e. The van der Waals surface area contributed by atoms with Crippen LogP contribution in [0.3, 0.4) is 0 Å². The van der Waals surface area contributed by atoms with Gasteiger partial charge in [0, 0.05) is 24.8 Å². The first-order chi connectivity index (χ1) is 13.1. The molecule has 0 saturated carbocycles. The molecule has 3 aliphatic rings. The maximum absolute atomic E-state index is 12.4. The number of likely N-dealkylation sites (tertiary alicyclic amines) is 1. The summed E-state index contributed by atoms with van der Waals surface area (Å²) in [6.07, 6.45) is 2.18. The molecule has 0 aromatic heterocycles. The Bertz CT molecular complexity index is 771. The highest BCUT2D eigenvalue weighted by atomic mass is 16.6. The summed E-state index contributed by atoms with van der Waals surface area (Å²) >= 11 is 0. The molecule has 1 fully saturated rings. The standard InChI is InChI=1S/C19H24N4O4/c1-12-4-6-23(7-5-12)19-21-14(18(25)22-19)11-17(24)20-13-2-3-15-16(10-13)27-9-8-26-15/h2-3,10,12,14H,4-9,11H2,1H3,(H,20,24)(H,21,22,25)/t14-/m0/s1. The van der Waals surface area contributed by atoms with Gasteiger partial charge in [-0.15, -0.1) is 0 Å². The number of anilines is 1. The van der Waals surface area contributed by atoms with Gasteiger partial charge in [0.1, 0.15) is 19.3 Å². The van der Waals surface area contributed by atoms with Crippen molar-refractivity contribution in [1.82, 2.24) is 10.2 Å². The Hall–Kier alpha value is -2.77. The van der Waals surface area contributed by atoms with Crippen LogP contribution in [-0.2, 0) is 9.59 Å². The van der Waals surface area contributed by atoms with Gasteiger partial charge in [-0.2, -0.15) is 0 Å². The molecule has 1 saturated heterocycles. The summed E-state index contributed by atoms with van der Waals surface area (Å²) in [5.41, 5.74) is 0.608. The number of rotatable bonds is 3. The van der Waals surface area contributed by atoms with Crippen LogP contribution in [0.4, 0.5) is 5.69 Å². The van der Waals surface area contributed by atoms with Gasteiger partial charge in [0.25, 0.3) is 5.91 Å². The summed E-state index contributed by atoms with van der Waals surface area (Å²) in [5, 5.41) is 5.62. The van der Waals surface area contributed by atoms with Crippen LogP contribution < -0.4 is 20.1 Å². The molecule has 27 heavy (non-hydrogen) atoms. The van der Waals surface area contributed by atoms with E-state index in [2.05, 4.69) is 27.4 Å². The Balaban J connectivity index is 1.35. The van der Waals surface area contributed by atoms with Gasteiger partial charge in [-0.1, -0.05) is 6.92 Å². The van der Waals surface area contributed by atoms with E-state index in [0.29, 0.717) is 42.3 Å². The number of guanidine groups is 1. The first-order valence-corrected chi connectivity index (χ1v) is 9.41. The Morgan fingerprint density at radius 3 is 2.78 bits per heavy atom. The maximum Gasteiger partial charge on any atom is 0.252 e. The van der Waals surface area contributed by atoms with Crippen LogP contribution in [0, 0.1) is 5.92 Å². The quantitative estimate of drug-likeness (QED) is 0.836. The number of fused-ring (bicyclic) bond motifs is 1. The number of amides is 2. The average molecular weight is 372 g/mol. The van der Waals surface area contributed by atoms with Crippen LogP contribution in [0.25, 0.3) is 0 Å². The van der Waals surface area contributed by atoms with Crippen LogP contribution >= 0.6 is 0 Å². The molecule has 0 spiro atoms. The zero-order valence-electron chi connectivity index (χ0n) is 15.4. The third kappa shape index (κ3) is 3.99. The summed E-state index contributed by atoms with van der Waals surface area (Å²) in [4.78, 5) is 31.1. The summed E-state index contributed by atoms with van der Waals surface area (Å²) in [7, 11) is 0. The smallest absolute Gasteiger partial charge is 0.252 e. The number of benzene rings is 1. The molecule has 0 bridgehead atoms. The van der Waals surface area contributed by atoms with Crippen molar-refractivity contribution in [3.8, 4) is 11.5 Å². The molecule has 0 unspecified atom stereocenters. The minimum atomic E-state index is -0.684. The predicted octanol–water partition coefficient (Wildman–Crippen LogP) is 1.37. The lowest BCUT2D eigenvalue weighted by atomic mass is 10.00. The molecule has 0 radical (unpaired) electrons. The van der Waals surface area contributed by atoms with Crippen molar-refractivity contribution >= 4 is 23.5 Å². The number of carbonyl (C=O) groups excluding carboxylic acids is 2. The molecule has 8 nitrogen and oxygen atoms in total. The van der Waals surface area contributed by atoms with Gasteiger partial charge in [-0.3, -0.25) is 14.9 Å². The van der Waals surface area contributed by atoms with E-state index in [-0.39, 0.29) is 18.2 Å². The van der Waals surface area contributed by atoms with E-state index in [4.69, 9.17) is 9.47 Å². The van der Waals surface area contributed by atoms with Crippen molar-refractivity contribution in [3.05, 3.63) is 18.2 Å². The van der Waals surface area contributed by atoms with Crippen molar-refractivity contribution in [1.29, 1.82) is 0 Å². The van der Waals surface area contributed by atoms with Gasteiger partial charge < -0.3 is 19.7 Å². The van der Waals surface area contributed by atoms with E-state index in [1.807, 2.05) is 0 Å². The number of carbonyl (C=O) groups is 2. The Labute approximate surface area is 157 Å². The van der Waals surface area contributed by atoms with E-state index in [0.717, 1.165) is 25.9 Å². The number of piperidine rings is 1. The van der Waals surface area contributed by atoms with Crippen LogP contribution in [0.1, 0.15) is 26.2 Å². The number of nitrogens with zero attached hydrogens (tertiary/aromatic N) is 2. The molecular formula is C19H24N4O4. The molecule has 2 N–H and O–H groups in total. The summed E-state index contributed by atoms with van der Waals surface area (Å²) in [6.45, 7) is 5.01. The van der Waals surface area contributed by atoms with E-state index in [1.54, 1.807) is 18.2 Å². The van der Waals surface area contributed by atoms with Crippen molar-refractivity contribution in [3.63, 3.8) is 0 Å². The third-order valence-corrected chi connectivity index (χ3v) is 5.10. The molecule has 4 rings (SSSR count). The molecule has 3 aliphatic heterocycles. The van der Waals surface area contributed by atoms with Gasteiger partial charge in [0.15, 0.2) is 11.5 Å². The largest absolute Gasteiger partial charge is 0.486 e. The van der Waals surface area contributed by atoms with E-state index in [1.165, 1.54) is 0 Å². The molecular weight excluding hydrogens is 348 g/mol. The number of nitrogens with one attached hydrogen (secondary N) is 2. The number of hydrogen-bond donors (Lipinski definition) is 2. The number of hydrogen-bond acceptors (Lipinski definition) is 6. The Kier molecular flexibility index (Phi) is 4.87. The second-order valence-corrected chi connectivity index (χ2v) is 7.24. The number of aliphatic imine (C=N–C) groups is 1. The molecule has 2 amide bonds. The normalized spacial score (nSPS) is 22.3. The lowest BCUT2D eigenvalue weighted by molar-refractivity contribution is -0.124. The highest BCUT2D eigenvalue weighted by Gasteiger charge is 2.32. The lowest BCUT2D eigenvalue weighted by Crippen LogP contribution is -2.44. The molecule has 144 valence electrons. The minimum absolute atomic E-state index is 0.00795. The van der Waals surface area contributed by atoms with Crippen LogP contribution in [0.2, 0.25) is 0 Å². The van der Waals surface area contributed by atoms with Crippen LogP contribution in [0.5, 0.6) is 11.5 Å². The van der Waals surface area contributed by atoms with Gasteiger partial charge in [-0.05, 0) is 30.9 Å². The summed E-state index contributed by atoms with van der Waals surface area (Å²) in [6, 6.07) is 4.56. The van der Waals surface area contributed by atoms with Gasteiger partial charge >= 0.3 is 0 Å². The van der Waals surface area contributed by atoms with E-state index in [9.17, 15) is 9.59 Å². The third-order valence-electron chi connectivity index (χ3n) is 5.10. The van der Waals surface area contributed by atoms with Gasteiger partial charge in [0.05, 0.1) is 6.42 Å². The van der Waals surface area contributed by atoms with E-state index < -0.39 is 6.04 Å². The van der Waals surface area contributed by atoms with E-state index >= 15 is 0 Å². The predicted molar refractivity (Wildman–Crippen MR) is 100 cm³/mol. The molecule has 1 atom stereocenters. The highest BCUT2D eigenvalue weighted by Crippen LogP contribution is 2.32. The molecule has 0 aliphatic carbocycles. The Morgan fingerprint density at radius 1 is 1.26 bits per heavy atom.